The van der Waals surface area contributed by atoms with Gasteiger partial charge in [0.05, 0.1) is 5.69 Å². The molecule has 90 valence electrons. The molecule has 0 aromatic carbocycles. The Kier molecular flexibility index (Phi) is 4.90. The molecular formula is C13H22N2O. The van der Waals surface area contributed by atoms with Crippen molar-refractivity contribution in [3.05, 3.63) is 30.1 Å². The third-order valence-corrected chi connectivity index (χ3v) is 2.40. The molecule has 0 aliphatic carbocycles. The van der Waals surface area contributed by atoms with Crippen molar-refractivity contribution in [1.82, 2.24) is 4.98 Å². The van der Waals surface area contributed by atoms with Crippen molar-refractivity contribution in [3.8, 4) is 0 Å². The van der Waals surface area contributed by atoms with Crippen LogP contribution >= 0.6 is 0 Å². The largest absolute Gasteiger partial charge is 0.371 e. The lowest BCUT2D eigenvalue weighted by molar-refractivity contribution is 0.0397. The minimum absolute atomic E-state index is 0.0800. The van der Waals surface area contributed by atoms with E-state index in [0.717, 1.165) is 18.7 Å². The lowest BCUT2D eigenvalue weighted by Gasteiger charge is -2.21. The number of ether oxygens (including phenoxy) is 1. The van der Waals surface area contributed by atoms with Crippen molar-refractivity contribution in [2.75, 3.05) is 13.2 Å². The smallest absolute Gasteiger partial charge is 0.112 e. The van der Waals surface area contributed by atoms with E-state index in [4.69, 9.17) is 10.5 Å². The van der Waals surface area contributed by atoms with Crippen molar-refractivity contribution in [2.24, 2.45) is 11.1 Å². The van der Waals surface area contributed by atoms with Gasteiger partial charge in [-0.1, -0.05) is 26.8 Å². The summed E-state index contributed by atoms with van der Waals surface area (Å²) in [6.07, 6.45) is 2.71. The first-order chi connectivity index (χ1) is 7.53. The molecule has 1 heterocycles. The van der Waals surface area contributed by atoms with E-state index in [1.54, 1.807) is 6.20 Å². The molecule has 2 N–H and O–H groups in total. The zero-order valence-electron chi connectivity index (χ0n) is 10.4. The second-order valence-electron chi connectivity index (χ2n) is 5.16. The predicted octanol–water partition coefficient (Wildman–Crippen LogP) is 2.53. The highest BCUT2D eigenvalue weighted by atomic mass is 16.5. The molecule has 1 unspecified atom stereocenters. The van der Waals surface area contributed by atoms with Gasteiger partial charge in [0.2, 0.25) is 0 Å². The van der Waals surface area contributed by atoms with Crippen LogP contribution in [0.25, 0.3) is 0 Å². The van der Waals surface area contributed by atoms with Crippen LogP contribution in [0.15, 0.2) is 24.4 Å². The lowest BCUT2D eigenvalue weighted by atomic mass is 9.93. The highest BCUT2D eigenvalue weighted by molar-refractivity contribution is 5.07. The minimum Gasteiger partial charge on any atom is -0.371 e. The highest BCUT2D eigenvalue weighted by Crippen LogP contribution is 2.20. The van der Waals surface area contributed by atoms with Crippen LogP contribution in [0.4, 0.5) is 0 Å². The number of aromatic nitrogens is 1. The summed E-state index contributed by atoms with van der Waals surface area (Å²) in [6, 6.07) is 5.80. The van der Waals surface area contributed by atoms with Crippen LogP contribution in [0.3, 0.4) is 0 Å². The molecule has 0 saturated carbocycles. The monoisotopic (exact) mass is 222 g/mol. The molecule has 3 heteroatoms. The summed E-state index contributed by atoms with van der Waals surface area (Å²) in [7, 11) is 0. The van der Waals surface area contributed by atoms with Gasteiger partial charge in [-0.3, -0.25) is 4.98 Å². The van der Waals surface area contributed by atoms with Gasteiger partial charge in [0.25, 0.3) is 0 Å². The van der Waals surface area contributed by atoms with E-state index >= 15 is 0 Å². The molecule has 16 heavy (non-hydrogen) atoms. The van der Waals surface area contributed by atoms with E-state index in [1.165, 1.54) is 0 Å². The van der Waals surface area contributed by atoms with E-state index in [-0.39, 0.29) is 6.10 Å². The maximum absolute atomic E-state index is 5.77. The Morgan fingerprint density at radius 2 is 2.12 bits per heavy atom. The zero-order valence-corrected chi connectivity index (χ0v) is 10.4. The van der Waals surface area contributed by atoms with Crippen LogP contribution in [-0.4, -0.2) is 18.1 Å². The average Bonchev–Trinajstić information content (AvgIpc) is 2.24. The molecule has 0 bridgehead atoms. The second kappa shape index (κ2) is 5.97. The van der Waals surface area contributed by atoms with E-state index in [2.05, 4.69) is 25.8 Å². The first kappa shape index (κ1) is 13.1. The number of hydrogen-bond donors (Lipinski definition) is 1. The van der Waals surface area contributed by atoms with Crippen LogP contribution < -0.4 is 5.73 Å². The van der Waals surface area contributed by atoms with Crippen molar-refractivity contribution < 1.29 is 4.74 Å². The Labute approximate surface area is 98.0 Å². The molecule has 0 fully saturated rings. The van der Waals surface area contributed by atoms with E-state index in [1.807, 2.05) is 18.2 Å². The number of hydrogen-bond acceptors (Lipinski definition) is 3. The van der Waals surface area contributed by atoms with Gasteiger partial charge >= 0.3 is 0 Å². The fraction of sp³-hybridized carbons (Fsp3) is 0.615. The molecular weight excluding hydrogens is 200 g/mol. The number of pyridine rings is 1. The summed E-state index contributed by atoms with van der Waals surface area (Å²) in [5, 5.41) is 0. The van der Waals surface area contributed by atoms with Crippen molar-refractivity contribution in [1.29, 1.82) is 0 Å². The summed E-state index contributed by atoms with van der Waals surface area (Å²) in [6.45, 7) is 7.81. The van der Waals surface area contributed by atoms with E-state index < -0.39 is 0 Å². The molecule has 0 spiro atoms. The van der Waals surface area contributed by atoms with Crippen LogP contribution in [0, 0.1) is 5.41 Å². The van der Waals surface area contributed by atoms with Gasteiger partial charge in [-0.25, -0.2) is 0 Å². The number of rotatable bonds is 5. The second-order valence-corrected chi connectivity index (χ2v) is 5.16. The van der Waals surface area contributed by atoms with Crippen LogP contribution in [0.2, 0.25) is 0 Å². The van der Waals surface area contributed by atoms with Gasteiger partial charge < -0.3 is 10.5 Å². The van der Waals surface area contributed by atoms with Gasteiger partial charge in [0, 0.05) is 19.3 Å². The van der Waals surface area contributed by atoms with Gasteiger partial charge in [0.1, 0.15) is 6.10 Å². The SMILES string of the molecule is CC(C)(C)CCOC(CN)c1ccccn1. The topological polar surface area (TPSA) is 48.1 Å². The number of nitrogens with zero attached hydrogens (tertiary/aromatic N) is 1. The Bertz CT molecular complexity index is 293. The molecule has 1 aromatic rings. The van der Waals surface area contributed by atoms with E-state index in [9.17, 15) is 0 Å². The molecule has 0 amide bonds. The van der Waals surface area contributed by atoms with Crippen LogP contribution in [-0.2, 0) is 4.74 Å². The summed E-state index contributed by atoms with van der Waals surface area (Å²) in [5.41, 5.74) is 6.90. The summed E-state index contributed by atoms with van der Waals surface area (Å²) >= 11 is 0. The first-order valence-electron chi connectivity index (χ1n) is 5.75. The average molecular weight is 222 g/mol. The Morgan fingerprint density at radius 1 is 1.38 bits per heavy atom. The number of nitrogens with two attached hydrogens (primary N) is 1. The third-order valence-electron chi connectivity index (χ3n) is 2.40. The molecule has 0 saturated heterocycles. The Hall–Kier alpha value is -0.930. The maximum Gasteiger partial charge on any atom is 0.112 e. The molecule has 1 aromatic heterocycles. The lowest BCUT2D eigenvalue weighted by Crippen LogP contribution is -2.19. The molecule has 1 atom stereocenters. The van der Waals surface area contributed by atoms with Crippen LogP contribution in [0.1, 0.15) is 39.0 Å². The predicted molar refractivity (Wildman–Crippen MR) is 66.1 cm³/mol. The fourth-order valence-corrected chi connectivity index (χ4v) is 1.35. The van der Waals surface area contributed by atoms with Crippen molar-refractivity contribution >= 4 is 0 Å². The molecule has 3 nitrogen and oxygen atoms in total. The summed E-state index contributed by atoms with van der Waals surface area (Å²) in [5.74, 6) is 0. The normalized spacial score (nSPS) is 13.8. The fourth-order valence-electron chi connectivity index (χ4n) is 1.35. The highest BCUT2D eigenvalue weighted by Gasteiger charge is 2.14. The van der Waals surface area contributed by atoms with Crippen molar-refractivity contribution in [3.63, 3.8) is 0 Å². The van der Waals surface area contributed by atoms with Gasteiger partial charge in [0.15, 0.2) is 0 Å². The Balaban J connectivity index is 2.45. The third kappa shape index (κ3) is 4.73. The standard InChI is InChI=1S/C13H22N2O/c1-13(2,3)7-9-16-12(10-14)11-6-4-5-8-15-11/h4-6,8,12H,7,9-10,14H2,1-3H3. The van der Waals surface area contributed by atoms with Crippen LogP contribution in [0.5, 0.6) is 0 Å². The summed E-state index contributed by atoms with van der Waals surface area (Å²) in [4.78, 5) is 4.26. The maximum atomic E-state index is 5.77. The molecule has 0 radical (unpaired) electrons. The molecule has 1 rings (SSSR count). The quantitative estimate of drug-likeness (QED) is 0.832. The van der Waals surface area contributed by atoms with Gasteiger partial charge in [-0.2, -0.15) is 0 Å². The Morgan fingerprint density at radius 3 is 2.62 bits per heavy atom. The zero-order chi connectivity index (χ0) is 12.0. The van der Waals surface area contributed by atoms with Crippen molar-refractivity contribution in [2.45, 2.75) is 33.3 Å². The minimum atomic E-state index is -0.0800. The van der Waals surface area contributed by atoms with E-state index in [0.29, 0.717) is 12.0 Å². The van der Waals surface area contributed by atoms with Gasteiger partial charge in [-0.05, 0) is 24.0 Å². The molecule has 0 aliphatic heterocycles. The molecule has 0 aliphatic rings. The summed E-state index contributed by atoms with van der Waals surface area (Å²) < 4.78 is 5.77. The first-order valence-corrected chi connectivity index (χ1v) is 5.75. The van der Waals surface area contributed by atoms with Gasteiger partial charge in [-0.15, -0.1) is 0 Å².